The Hall–Kier alpha value is -1.11. The van der Waals surface area contributed by atoms with E-state index in [2.05, 4.69) is 10.6 Å². The summed E-state index contributed by atoms with van der Waals surface area (Å²) in [6.07, 6.45) is 0.237. The van der Waals surface area contributed by atoms with Crippen LogP contribution in [-0.4, -0.2) is 18.5 Å². The van der Waals surface area contributed by atoms with Crippen LogP contribution in [0.1, 0.15) is 12.0 Å². The van der Waals surface area contributed by atoms with Crippen molar-refractivity contribution in [3.8, 4) is 5.75 Å². The molecule has 2 aliphatic heterocycles. The molecule has 0 bridgehead atoms. The minimum Gasteiger partial charge on any atom is -0.493 e. The number of hydrogen-bond donors (Lipinski definition) is 1. The number of halogens is 1. The summed E-state index contributed by atoms with van der Waals surface area (Å²) in [6.45, 7) is 0.267. The molecular weight excluding hydrogens is 250 g/mol. The predicted molar refractivity (Wildman–Crippen MR) is 55.1 cm³/mol. The Morgan fingerprint density at radius 2 is 2.17 bits per heavy atom. The summed E-state index contributed by atoms with van der Waals surface area (Å²) in [4.78, 5) is 23.0. The van der Waals surface area contributed by atoms with Crippen LogP contribution in [0.2, 0.25) is 0 Å². The summed E-state index contributed by atoms with van der Waals surface area (Å²) < 4.78 is 18.6. The van der Waals surface area contributed by atoms with E-state index in [-0.39, 0.29) is 42.6 Å². The Bertz CT molecular complexity index is 537. The number of carbonyl (C=O) groups is 2. The first-order valence-corrected chi connectivity index (χ1v) is 5.13. The fourth-order valence-electron chi connectivity index (χ4n) is 2.20. The van der Waals surface area contributed by atoms with Crippen LogP contribution in [0.3, 0.4) is 0 Å². The van der Waals surface area contributed by atoms with Crippen LogP contribution in [0.15, 0.2) is 18.2 Å². The van der Waals surface area contributed by atoms with Crippen LogP contribution in [0.5, 0.6) is 5.75 Å². The SMILES string of the molecule is O=C1[N-][C@]2(CCOc3ccc(F)cc32)C(=O)N1.[Na+]. The van der Waals surface area contributed by atoms with Crippen LogP contribution < -0.4 is 39.6 Å². The number of nitrogens with zero attached hydrogens (tertiary/aromatic N) is 1. The fourth-order valence-corrected chi connectivity index (χ4v) is 2.20. The van der Waals surface area contributed by atoms with E-state index in [0.717, 1.165) is 0 Å². The van der Waals surface area contributed by atoms with Crippen molar-refractivity contribution in [3.05, 3.63) is 34.9 Å². The molecule has 2 aliphatic rings. The van der Waals surface area contributed by atoms with Crippen LogP contribution >= 0.6 is 0 Å². The van der Waals surface area contributed by atoms with Crippen molar-refractivity contribution < 1.29 is 48.3 Å². The number of ether oxygens (including phenoxy) is 1. The first-order chi connectivity index (χ1) is 8.12. The van der Waals surface area contributed by atoms with E-state index < -0.39 is 23.3 Å². The van der Waals surface area contributed by atoms with Crippen LogP contribution in [0, 0.1) is 5.82 Å². The van der Waals surface area contributed by atoms with Crippen molar-refractivity contribution >= 4 is 11.9 Å². The molecule has 1 spiro atoms. The largest absolute Gasteiger partial charge is 1.00 e. The number of hydrogen-bond acceptors (Lipinski definition) is 3. The van der Waals surface area contributed by atoms with E-state index in [9.17, 15) is 14.0 Å². The van der Waals surface area contributed by atoms with Gasteiger partial charge in [0.25, 0.3) is 0 Å². The van der Waals surface area contributed by atoms with Gasteiger partial charge >= 0.3 is 29.6 Å². The molecule has 7 heteroatoms. The van der Waals surface area contributed by atoms with E-state index >= 15 is 0 Å². The third-order valence-electron chi connectivity index (χ3n) is 3.00. The van der Waals surface area contributed by atoms with Gasteiger partial charge in [-0.2, -0.15) is 0 Å². The monoisotopic (exact) mass is 258 g/mol. The number of nitrogens with one attached hydrogen (secondary N) is 1. The van der Waals surface area contributed by atoms with Crippen molar-refractivity contribution in [2.24, 2.45) is 0 Å². The summed E-state index contributed by atoms with van der Waals surface area (Å²) in [5.41, 5.74) is -1.00. The standard InChI is InChI=1S/C11H9FN2O3.Na/c12-6-1-2-8-7(5-6)11(3-4-17-8)9(15)13-10(16)14-11;/h1-2,5H,3-4H2,(H2,13,14,15,16);/q;+1/p-1/t11-;/m0./s1. The van der Waals surface area contributed by atoms with Gasteiger partial charge in [0.1, 0.15) is 11.6 Å². The third-order valence-corrected chi connectivity index (χ3v) is 3.00. The second kappa shape index (κ2) is 4.53. The van der Waals surface area contributed by atoms with Gasteiger partial charge in [0.15, 0.2) is 11.9 Å². The molecule has 0 saturated carbocycles. The molecule has 3 rings (SSSR count). The molecule has 0 unspecified atom stereocenters. The Balaban J connectivity index is 0.00000120. The van der Waals surface area contributed by atoms with E-state index in [0.29, 0.717) is 11.3 Å². The van der Waals surface area contributed by atoms with Crippen LogP contribution in [0.25, 0.3) is 5.32 Å². The van der Waals surface area contributed by atoms with Crippen molar-refractivity contribution in [2.45, 2.75) is 12.0 Å². The molecule has 0 aromatic heterocycles. The number of fused-ring (bicyclic) bond motifs is 2. The molecule has 1 atom stereocenters. The zero-order valence-electron chi connectivity index (χ0n) is 9.70. The maximum Gasteiger partial charge on any atom is 1.00 e. The maximum atomic E-state index is 13.2. The topological polar surface area (TPSA) is 69.5 Å². The second-order valence-corrected chi connectivity index (χ2v) is 3.97. The first-order valence-electron chi connectivity index (χ1n) is 5.13. The summed E-state index contributed by atoms with van der Waals surface area (Å²) in [6, 6.07) is 3.19. The van der Waals surface area contributed by atoms with E-state index in [4.69, 9.17) is 4.74 Å². The van der Waals surface area contributed by atoms with Crippen molar-refractivity contribution in [2.75, 3.05) is 6.61 Å². The average Bonchev–Trinajstić information content (AvgIpc) is 2.56. The van der Waals surface area contributed by atoms with Gasteiger partial charge in [0.2, 0.25) is 0 Å². The molecule has 1 fully saturated rings. The number of rotatable bonds is 0. The molecule has 0 aliphatic carbocycles. The normalized spacial score (nSPS) is 24.7. The average molecular weight is 258 g/mol. The predicted octanol–water partition coefficient (Wildman–Crippen LogP) is -1.57. The molecule has 3 amide bonds. The minimum absolute atomic E-state index is 0. The molecule has 1 aromatic carbocycles. The molecule has 1 aromatic rings. The Morgan fingerprint density at radius 1 is 1.39 bits per heavy atom. The Labute approximate surface area is 124 Å². The van der Waals surface area contributed by atoms with Crippen LogP contribution in [0.4, 0.5) is 9.18 Å². The number of imide groups is 1. The summed E-state index contributed by atoms with van der Waals surface area (Å²) in [5, 5.41) is 5.91. The van der Waals surface area contributed by atoms with Gasteiger partial charge in [-0.15, -0.1) is 0 Å². The molecule has 88 valence electrons. The quantitative estimate of drug-likeness (QED) is 0.451. The zero-order chi connectivity index (χ0) is 12.0. The van der Waals surface area contributed by atoms with Gasteiger partial charge in [-0.3, -0.25) is 9.59 Å². The van der Waals surface area contributed by atoms with Crippen molar-refractivity contribution in [3.63, 3.8) is 0 Å². The number of carbonyl (C=O) groups excluding carboxylic acids is 2. The second-order valence-electron chi connectivity index (χ2n) is 3.97. The third kappa shape index (κ3) is 1.81. The summed E-state index contributed by atoms with van der Waals surface area (Å²) >= 11 is 0. The summed E-state index contributed by atoms with van der Waals surface area (Å²) in [7, 11) is 0. The fraction of sp³-hybridized carbons (Fsp3) is 0.273. The van der Waals surface area contributed by atoms with Gasteiger partial charge in [-0.1, -0.05) is 0 Å². The molecule has 1 saturated heterocycles. The van der Waals surface area contributed by atoms with Crippen LogP contribution in [-0.2, 0) is 10.3 Å². The molecular formula is C11H8FN2NaO3. The number of benzene rings is 1. The van der Waals surface area contributed by atoms with Crippen molar-refractivity contribution in [1.82, 2.24) is 5.32 Å². The first kappa shape index (κ1) is 13.3. The Morgan fingerprint density at radius 3 is 2.83 bits per heavy atom. The smallest absolute Gasteiger partial charge is 0.493 e. The van der Waals surface area contributed by atoms with Crippen molar-refractivity contribution in [1.29, 1.82) is 0 Å². The number of amides is 3. The molecule has 5 nitrogen and oxygen atoms in total. The van der Waals surface area contributed by atoms with E-state index in [1.54, 1.807) is 0 Å². The summed E-state index contributed by atoms with van der Waals surface area (Å²) in [5.74, 6) is -0.611. The molecule has 18 heavy (non-hydrogen) atoms. The molecule has 0 radical (unpaired) electrons. The van der Waals surface area contributed by atoms with E-state index in [1.807, 2.05) is 0 Å². The van der Waals surface area contributed by atoms with Gasteiger partial charge in [-0.05, 0) is 24.6 Å². The Kier molecular flexibility index (Phi) is 3.35. The van der Waals surface area contributed by atoms with E-state index in [1.165, 1.54) is 18.2 Å². The van der Waals surface area contributed by atoms with Gasteiger partial charge in [-0.25, -0.2) is 4.39 Å². The minimum atomic E-state index is -1.31. The van der Waals surface area contributed by atoms with Gasteiger partial charge in [0, 0.05) is 5.56 Å². The zero-order valence-corrected chi connectivity index (χ0v) is 11.7. The maximum absolute atomic E-state index is 13.2. The van der Waals surface area contributed by atoms with Gasteiger partial charge in [0.05, 0.1) is 12.1 Å². The number of urea groups is 1. The molecule has 1 N–H and O–H groups in total. The molecule has 2 heterocycles. The van der Waals surface area contributed by atoms with Gasteiger partial charge < -0.3 is 15.4 Å².